The monoisotopic (exact) mass is 491 g/mol. The molecule has 2 N–H and O–H groups in total. The van der Waals surface area contributed by atoms with Gasteiger partial charge in [-0.15, -0.1) is 24.0 Å². The maximum Gasteiger partial charge on any atom is 0.191 e. The van der Waals surface area contributed by atoms with Gasteiger partial charge in [-0.2, -0.15) is 11.8 Å². The van der Waals surface area contributed by atoms with Gasteiger partial charge >= 0.3 is 0 Å². The first-order chi connectivity index (χ1) is 12.1. The first-order valence-electron chi connectivity index (χ1n) is 9.31. The molecule has 2 rings (SSSR count). The van der Waals surface area contributed by atoms with Crippen molar-refractivity contribution in [1.29, 1.82) is 0 Å². The minimum absolute atomic E-state index is 0. The van der Waals surface area contributed by atoms with Crippen molar-refractivity contribution in [2.24, 2.45) is 4.99 Å². The van der Waals surface area contributed by atoms with Gasteiger partial charge in [0, 0.05) is 38.1 Å². The lowest BCUT2D eigenvalue weighted by molar-refractivity contribution is 0.0782. The van der Waals surface area contributed by atoms with Gasteiger partial charge in [-0.1, -0.05) is 43.7 Å². The van der Waals surface area contributed by atoms with Crippen LogP contribution in [0.2, 0.25) is 0 Å². The number of thioether (sulfide) groups is 1. The van der Waals surface area contributed by atoms with E-state index in [2.05, 4.69) is 60.7 Å². The van der Waals surface area contributed by atoms with Crippen molar-refractivity contribution in [3.05, 3.63) is 35.4 Å². The molecule has 1 aliphatic heterocycles. The molecule has 0 spiro atoms. The predicted octanol–water partition coefficient (Wildman–Crippen LogP) is 4.18. The summed E-state index contributed by atoms with van der Waals surface area (Å²) < 4.78 is 5.82. The zero-order valence-electron chi connectivity index (χ0n) is 16.5. The third-order valence-corrected chi connectivity index (χ3v) is 6.33. The highest BCUT2D eigenvalue weighted by atomic mass is 127. The molecule has 4 nitrogen and oxygen atoms in total. The minimum Gasteiger partial charge on any atom is -0.381 e. The fourth-order valence-electron chi connectivity index (χ4n) is 3.15. The maximum absolute atomic E-state index is 5.55. The molecule has 26 heavy (non-hydrogen) atoms. The SMILES string of the molecule is CCSC1(CNC(=NC)NCC(C)c2ccc(C)cc2)CCOCC1.I. The fourth-order valence-corrected chi connectivity index (χ4v) is 4.39. The molecule has 1 saturated heterocycles. The van der Waals surface area contributed by atoms with Crippen LogP contribution in [-0.2, 0) is 4.74 Å². The average molecular weight is 491 g/mol. The number of ether oxygens (including phenoxy) is 1. The van der Waals surface area contributed by atoms with Crippen LogP contribution in [0.4, 0.5) is 0 Å². The van der Waals surface area contributed by atoms with Crippen LogP contribution in [0.3, 0.4) is 0 Å². The summed E-state index contributed by atoms with van der Waals surface area (Å²) in [5.41, 5.74) is 2.66. The largest absolute Gasteiger partial charge is 0.381 e. The van der Waals surface area contributed by atoms with Crippen molar-refractivity contribution >= 4 is 41.7 Å². The summed E-state index contributed by atoms with van der Waals surface area (Å²) in [6.45, 7) is 10.2. The Morgan fingerprint density at radius 2 is 1.88 bits per heavy atom. The van der Waals surface area contributed by atoms with Crippen molar-refractivity contribution in [2.75, 3.05) is 39.1 Å². The van der Waals surface area contributed by atoms with E-state index in [-0.39, 0.29) is 28.7 Å². The smallest absolute Gasteiger partial charge is 0.191 e. The van der Waals surface area contributed by atoms with Crippen LogP contribution >= 0.6 is 35.7 Å². The lowest BCUT2D eigenvalue weighted by Crippen LogP contribution is -2.48. The first-order valence-corrected chi connectivity index (χ1v) is 10.3. The van der Waals surface area contributed by atoms with Crippen LogP contribution in [-0.4, -0.2) is 49.8 Å². The molecule has 0 aliphatic carbocycles. The number of aryl methyl sites for hydroxylation is 1. The van der Waals surface area contributed by atoms with Gasteiger partial charge in [0.05, 0.1) is 0 Å². The molecule has 1 heterocycles. The Kier molecular flexibility index (Phi) is 11.0. The fraction of sp³-hybridized carbons (Fsp3) is 0.650. The molecule has 0 saturated carbocycles. The third kappa shape index (κ3) is 7.27. The normalized spacial score (nSPS) is 17.9. The predicted molar refractivity (Wildman–Crippen MR) is 125 cm³/mol. The Bertz CT molecular complexity index is 539. The summed E-state index contributed by atoms with van der Waals surface area (Å²) >= 11 is 2.05. The topological polar surface area (TPSA) is 45.7 Å². The first kappa shape index (κ1) is 23.6. The summed E-state index contributed by atoms with van der Waals surface area (Å²) in [6.07, 6.45) is 2.21. The number of hydrogen-bond acceptors (Lipinski definition) is 3. The molecule has 1 atom stereocenters. The number of guanidine groups is 1. The molecule has 1 unspecified atom stereocenters. The van der Waals surface area contributed by atoms with Gasteiger partial charge in [-0.05, 0) is 37.0 Å². The number of nitrogens with zero attached hydrogens (tertiary/aromatic N) is 1. The quantitative estimate of drug-likeness (QED) is 0.341. The molecule has 0 amide bonds. The summed E-state index contributed by atoms with van der Waals surface area (Å²) in [5.74, 6) is 2.47. The molecule has 1 aromatic carbocycles. The van der Waals surface area contributed by atoms with E-state index in [1.807, 2.05) is 18.8 Å². The number of nitrogens with one attached hydrogen (secondary N) is 2. The van der Waals surface area contributed by atoms with Crippen molar-refractivity contribution in [2.45, 2.75) is 44.3 Å². The van der Waals surface area contributed by atoms with Crippen LogP contribution in [0.5, 0.6) is 0 Å². The second kappa shape index (κ2) is 12.1. The van der Waals surface area contributed by atoms with E-state index in [1.165, 1.54) is 11.1 Å². The standard InChI is InChI=1S/C20H33N3OS.HI/c1-5-25-20(10-12-24-13-11-20)15-23-19(21-4)22-14-17(3)18-8-6-16(2)7-9-18;/h6-9,17H,5,10-15H2,1-4H3,(H2,21,22,23);1H. The highest BCUT2D eigenvalue weighted by molar-refractivity contribution is 14.0. The van der Waals surface area contributed by atoms with Crippen LogP contribution in [0, 0.1) is 6.92 Å². The van der Waals surface area contributed by atoms with Crippen LogP contribution in [0.1, 0.15) is 43.7 Å². The average Bonchev–Trinajstić information content (AvgIpc) is 2.63. The molecular formula is C20H34IN3OS. The molecule has 1 fully saturated rings. The third-order valence-electron chi connectivity index (χ3n) is 4.88. The second-order valence-electron chi connectivity index (χ2n) is 6.85. The molecule has 1 aliphatic rings. The van der Waals surface area contributed by atoms with Crippen LogP contribution in [0.25, 0.3) is 0 Å². The number of aliphatic imine (C=N–C) groups is 1. The Balaban J connectivity index is 0.00000338. The summed E-state index contributed by atoms with van der Waals surface area (Å²) in [4.78, 5) is 4.40. The van der Waals surface area contributed by atoms with Crippen LogP contribution in [0.15, 0.2) is 29.3 Å². The van der Waals surface area contributed by atoms with E-state index in [0.29, 0.717) is 5.92 Å². The molecule has 0 bridgehead atoms. The van der Waals surface area contributed by atoms with Gasteiger partial charge in [-0.3, -0.25) is 4.99 Å². The van der Waals surface area contributed by atoms with Crippen molar-refractivity contribution < 1.29 is 4.74 Å². The zero-order valence-corrected chi connectivity index (χ0v) is 19.7. The summed E-state index contributed by atoms with van der Waals surface area (Å²) in [6, 6.07) is 8.78. The molecule has 148 valence electrons. The number of halogens is 1. The number of rotatable bonds is 7. The molecule has 1 aromatic rings. The van der Waals surface area contributed by atoms with E-state index in [9.17, 15) is 0 Å². The number of benzene rings is 1. The molecular weight excluding hydrogens is 457 g/mol. The lowest BCUT2D eigenvalue weighted by atomic mass is 9.99. The highest BCUT2D eigenvalue weighted by Crippen LogP contribution is 2.34. The van der Waals surface area contributed by atoms with Gasteiger partial charge in [0.1, 0.15) is 0 Å². The highest BCUT2D eigenvalue weighted by Gasteiger charge is 2.32. The van der Waals surface area contributed by atoms with Gasteiger partial charge in [-0.25, -0.2) is 0 Å². The zero-order chi connectivity index (χ0) is 18.1. The van der Waals surface area contributed by atoms with E-state index < -0.39 is 0 Å². The van der Waals surface area contributed by atoms with Gasteiger partial charge in [0.2, 0.25) is 0 Å². The number of hydrogen-bond donors (Lipinski definition) is 2. The minimum atomic E-state index is 0. The Morgan fingerprint density at radius 3 is 2.46 bits per heavy atom. The van der Waals surface area contributed by atoms with Gasteiger partial charge < -0.3 is 15.4 Å². The van der Waals surface area contributed by atoms with Crippen molar-refractivity contribution in [1.82, 2.24) is 10.6 Å². The van der Waals surface area contributed by atoms with E-state index >= 15 is 0 Å². The van der Waals surface area contributed by atoms with E-state index in [4.69, 9.17) is 4.74 Å². The second-order valence-corrected chi connectivity index (χ2v) is 8.58. The van der Waals surface area contributed by atoms with Gasteiger partial charge in [0.15, 0.2) is 5.96 Å². The Labute approximate surface area is 180 Å². The maximum atomic E-state index is 5.55. The van der Waals surface area contributed by atoms with Crippen LogP contribution < -0.4 is 10.6 Å². The van der Waals surface area contributed by atoms with Crippen molar-refractivity contribution in [3.63, 3.8) is 0 Å². The van der Waals surface area contributed by atoms with E-state index in [1.54, 1.807) is 0 Å². The van der Waals surface area contributed by atoms with Crippen molar-refractivity contribution in [3.8, 4) is 0 Å². The van der Waals surface area contributed by atoms with E-state index in [0.717, 1.165) is 50.9 Å². The summed E-state index contributed by atoms with van der Waals surface area (Å²) in [5, 5.41) is 7.02. The lowest BCUT2D eigenvalue weighted by Gasteiger charge is -2.37. The van der Waals surface area contributed by atoms with Gasteiger partial charge in [0.25, 0.3) is 0 Å². The summed E-state index contributed by atoms with van der Waals surface area (Å²) in [7, 11) is 1.84. The Hall–Kier alpha value is -0.470. The molecule has 0 aromatic heterocycles. The Morgan fingerprint density at radius 1 is 1.23 bits per heavy atom. The molecule has 6 heteroatoms. The molecule has 0 radical (unpaired) electrons.